The van der Waals surface area contributed by atoms with Gasteiger partial charge in [0, 0.05) is 25.4 Å². The molecule has 0 aliphatic heterocycles. The van der Waals surface area contributed by atoms with E-state index in [1.54, 1.807) is 23.1 Å². The maximum atomic E-state index is 11.8. The lowest BCUT2D eigenvalue weighted by Gasteiger charge is -2.08. The van der Waals surface area contributed by atoms with E-state index in [-0.39, 0.29) is 22.9 Å². The van der Waals surface area contributed by atoms with Crippen LogP contribution in [0.25, 0.3) is 0 Å². The number of rotatable bonds is 5. The van der Waals surface area contributed by atoms with Gasteiger partial charge in [-0.1, -0.05) is 11.6 Å². The first-order valence-electron chi connectivity index (χ1n) is 5.86. The second kappa shape index (κ2) is 6.21. The Hall–Kier alpha value is -2.34. The number of carboxylic acid groups (broad SMARTS) is 1. The Morgan fingerprint density at radius 1 is 1.40 bits per heavy atom. The van der Waals surface area contributed by atoms with Gasteiger partial charge in [-0.3, -0.25) is 9.48 Å². The third kappa shape index (κ3) is 3.58. The first-order chi connectivity index (χ1) is 9.56. The summed E-state index contributed by atoms with van der Waals surface area (Å²) in [6, 6.07) is 5.93. The highest BCUT2D eigenvalue weighted by molar-refractivity contribution is 6.34. The van der Waals surface area contributed by atoms with Crippen LogP contribution < -0.4 is 5.32 Å². The lowest BCUT2D eigenvalue weighted by atomic mass is 10.2. The molecule has 0 unspecified atom stereocenters. The normalized spacial score (nSPS) is 10.2. The van der Waals surface area contributed by atoms with Crippen LogP contribution in [-0.2, 0) is 11.3 Å². The third-order valence-corrected chi connectivity index (χ3v) is 2.93. The van der Waals surface area contributed by atoms with Crippen molar-refractivity contribution in [3.05, 3.63) is 47.2 Å². The molecule has 20 heavy (non-hydrogen) atoms. The fourth-order valence-corrected chi connectivity index (χ4v) is 1.84. The van der Waals surface area contributed by atoms with Crippen molar-refractivity contribution in [3.63, 3.8) is 0 Å². The van der Waals surface area contributed by atoms with Gasteiger partial charge in [-0.05, 0) is 24.3 Å². The quantitative estimate of drug-likeness (QED) is 0.885. The van der Waals surface area contributed by atoms with Gasteiger partial charge in [0.1, 0.15) is 0 Å². The second-order valence-corrected chi connectivity index (χ2v) is 4.47. The van der Waals surface area contributed by atoms with Crippen LogP contribution in [-0.4, -0.2) is 26.8 Å². The molecule has 1 amide bonds. The molecule has 0 spiro atoms. The molecule has 1 aromatic carbocycles. The van der Waals surface area contributed by atoms with Crippen molar-refractivity contribution in [2.45, 2.75) is 13.0 Å². The summed E-state index contributed by atoms with van der Waals surface area (Å²) in [4.78, 5) is 22.5. The van der Waals surface area contributed by atoms with Crippen molar-refractivity contribution in [2.75, 3.05) is 5.32 Å². The minimum atomic E-state index is -1.07. The highest BCUT2D eigenvalue weighted by atomic mass is 35.5. The second-order valence-electron chi connectivity index (χ2n) is 4.07. The number of halogens is 1. The summed E-state index contributed by atoms with van der Waals surface area (Å²) in [7, 11) is 0. The molecule has 7 heteroatoms. The van der Waals surface area contributed by atoms with E-state index in [1.165, 1.54) is 18.2 Å². The average molecular weight is 294 g/mol. The number of aryl methyl sites for hydroxylation is 1. The van der Waals surface area contributed by atoms with Crippen molar-refractivity contribution < 1.29 is 14.7 Å². The Morgan fingerprint density at radius 3 is 2.80 bits per heavy atom. The molecule has 2 N–H and O–H groups in total. The van der Waals surface area contributed by atoms with E-state index >= 15 is 0 Å². The number of hydrogen-bond acceptors (Lipinski definition) is 3. The zero-order valence-electron chi connectivity index (χ0n) is 10.4. The van der Waals surface area contributed by atoms with Crippen molar-refractivity contribution >= 4 is 29.2 Å². The van der Waals surface area contributed by atoms with E-state index in [9.17, 15) is 9.59 Å². The zero-order valence-corrected chi connectivity index (χ0v) is 11.2. The molecule has 0 saturated heterocycles. The predicted octanol–water partition coefficient (Wildman–Crippen LogP) is 2.26. The molecule has 0 radical (unpaired) electrons. The topological polar surface area (TPSA) is 84.2 Å². The summed E-state index contributed by atoms with van der Waals surface area (Å²) in [6.45, 7) is 0.462. The lowest BCUT2D eigenvalue weighted by Crippen LogP contribution is -2.15. The van der Waals surface area contributed by atoms with Gasteiger partial charge in [-0.15, -0.1) is 0 Å². The van der Waals surface area contributed by atoms with Crippen LogP contribution in [0.5, 0.6) is 0 Å². The van der Waals surface area contributed by atoms with E-state index < -0.39 is 5.97 Å². The number of amides is 1. The van der Waals surface area contributed by atoms with Crippen molar-refractivity contribution in [1.29, 1.82) is 0 Å². The zero-order chi connectivity index (χ0) is 14.5. The van der Waals surface area contributed by atoms with Crippen LogP contribution in [0.2, 0.25) is 5.02 Å². The van der Waals surface area contributed by atoms with E-state index in [0.29, 0.717) is 12.2 Å². The molecule has 104 valence electrons. The van der Waals surface area contributed by atoms with Crippen molar-refractivity contribution in [2.24, 2.45) is 0 Å². The maximum absolute atomic E-state index is 11.8. The number of aromatic nitrogens is 2. The number of carbonyl (C=O) groups excluding carboxylic acids is 1. The number of anilines is 1. The number of hydrogen-bond donors (Lipinski definition) is 2. The number of carbonyl (C=O) groups is 2. The van der Waals surface area contributed by atoms with E-state index in [2.05, 4.69) is 10.4 Å². The van der Waals surface area contributed by atoms with Crippen LogP contribution in [0.1, 0.15) is 16.8 Å². The first kappa shape index (κ1) is 14.1. The van der Waals surface area contributed by atoms with Gasteiger partial charge in [0.2, 0.25) is 5.91 Å². The SMILES string of the molecule is O=C(CCn1cccn1)Nc1ccc(C(=O)O)cc1Cl. The molecule has 2 rings (SSSR count). The Morgan fingerprint density at radius 2 is 2.20 bits per heavy atom. The summed E-state index contributed by atoms with van der Waals surface area (Å²) in [5.41, 5.74) is 0.465. The van der Waals surface area contributed by atoms with E-state index in [0.717, 1.165) is 0 Å². The minimum Gasteiger partial charge on any atom is -0.478 e. The fraction of sp³-hybridized carbons (Fsp3) is 0.154. The average Bonchev–Trinajstić information content (AvgIpc) is 2.91. The maximum Gasteiger partial charge on any atom is 0.335 e. The molecule has 0 fully saturated rings. The molecular formula is C13H12ClN3O3. The Balaban J connectivity index is 1.95. The number of aromatic carboxylic acids is 1. The fourth-order valence-electron chi connectivity index (χ4n) is 1.61. The largest absolute Gasteiger partial charge is 0.478 e. The summed E-state index contributed by atoms with van der Waals surface area (Å²) >= 11 is 5.92. The van der Waals surface area contributed by atoms with Crippen LogP contribution >= 0.6 is 11.6 Å². The summed E-state index contributed by atoms with van der Waals surface area (Å²) < 4.78 is 1.65. The first-order valence-corrected chi connectivity index (χ1v) is 6.24. The molecular weight excluding hydrogens is 282 g/mol. The molecule has 1 heterocycles. The van der Waals surface area contributed by atoms with Crippen molar-refractivity contribution in [1.82, 2.24) is 9.78 Å². The van der Waals surface area contributed by atoms with Crippen LogP contribution in [0.3, 0.4) is 0 Å². The Kier molecular flexibility index (Phi) is 4.37. The van der Waals surface area contributed by atoms with E-state index in [1.807, 2.05) is 0 Å². The van der Waals surface area contributed by atoms with Crippen molar-refractivity contribution in [3.8, 4) is 0 Å². The molecule has 6 nitrogen and oxygen atoms in total. The molecule has 0 bridgehead atoms. The minimum absolute atomic E-state index is 0.0736. The van der Waals surface area contributed by atoms with Gasteiger partial charge < -0.3 is 10.4 Å². The standard InChI is InChI=1S/C13H12ClN3O3/c14-10-8-9(13(19)20)2-3-11(10)16-12(18)4-7-17-6-1-5-15-17/h1-3,5-6,8H,4,7H2,(H,16,18)(H,19,20). The number of benzene rings is 1. The van der Waals surface area contributed by atoms with Crippen LogP contribution in [0.15, 0.2) is 36.7 Å². The van der Waals surface area contributed by atoms with Gasteiger partial charge in [-0.2, -0.15) is 5.10 Å². The lowest BCUT2D eigenvalue weighted by molar-refractivity contribution is -0.116. The number of nitrogens with zero attached hydrogens (tertiary/aromatic N) is 2. The molecule has 2 aromatic rings. The molecule has 1 aromatic heterocycles. The van der Waals surface area contributed by atoms with Gasteiger partial charge >= 0.3 is 5.97 Å². The smallest absolute Gasteiger partial charge is 0.335 e. The molecule has 0 saturated carbocycles. The predicted molar refractivity (Wildman–Crippen MR) is 73.9 cm³/mol. The number of nitrogens with one attached hydrogen (secondary N) is 1. The van der Waals surface area contributed by atoms with Gasteiger partial charge in [0.15, 0.2) is 0 Å². The van der Waals surface area contributed by atoms with Gasteiger partial charge in [0.05, 0.1) is 16.3 Å². The highest BCUT2D eigenvalue weighted by Gasteiger charge is 2.09. The third-order valence-electron chi connectivity index (χ3n) is 2.62. The summed E-state index contributed by atoms with van der Waals surface area (Å²) in [6.07, 6.45) is 3.65. The Bertz CT molecular complexity index is 626. The van der Waals surface area contributed by atoms with Gasteiger partial charge in [0.25, 0.3) is 0 Å². The van der Waals surface area contributed by atoms with E-state index in [4.69, 9.17) is 16.7 Å². The summed E-state index contributed by atoms with van der Waals surface area (Å²) in [5.74, 6) is -1.28. The van der Waals surface area contributed by atoms with Crippen LogP contribution in [0, 0.1) is 0 Å². The number of carboxylic acids is 1. The molecule has 0 aliphatic rings. The van der Waals surface area contributed by atoms with Gasteiger partial charge in [-0.25, -0.2) is 4.79 Å². The molecule has 0 atom stereocenters. The monoisotopic (exact) mass is 293 g/mol. The Labute approximate surface area is 120 Å². The summed E-state index contributed by atoms with van der Waals surface area (Å²) in [5, 5.41) is 15.6. The highest BCUT2D eigenvalue weighted by Crippen LogP contribution is 2.23. The molecule has 0 aliphatic carbocycles. The van der Waals surface area contributed by atoms with Crippen LogP contribution in [0.4, 0.5) is 5.69 Å².